The molecule has 1 aromatic heterocycles. The molecule has 0 N–H and O–H groups in total. The fourth-order valence-corrected chi connectivity index (χ4v) is 2.76. The molecule has 0 fully saturated rings. The molecule has 1 heterocycles. The normalized spacial score (nSPS) is 13.9. The number of allylic oxidation sites excluding steroid dienone is 4. The lowest BCUT2D eigenvalue weighted by Gasteiger charge is -2.13. The topological polar surface area (TPSA) is 35.0 Å². The van der Waals surface area contributed by atoms with E-state index in [1.807, 2.05) is 18.2 Å². The molecule has 112 valence electrons. The van der Waals surface area contributed by atoms with Crippen LogP contribution in [0, 0.1) is 0 Å². The fraction of sp³-hybridized carbons (Fsp3) is 0.176. The zero-order valence-corrected chi connectivity index (χ0v) is 13.5. The van der Waals surface area contributed by atoms with E-state index in [9.17, 15) is 0 Å². The monoisotopic (exact) mass is 332 g/mol. The van der Waals surface area contributed by atoms with Gasteiger partial charge in [0.15, 0.2) is 0 Å². The van der Waals surface area contributed by atoms with Crippen molar-refractivity contribution in [1.29, 1.82) is 0 Å². The Balaban J connectivity index is 2.14. The van der Waals surface area contributed by atoms with Gasteiger partial charge in [-0.25, -0.2) is 9.97 Å². The van der Waals surface area contributed by atoms with Crippen molar-refractivity contribution < 1.29 is 4.74 Å². The van der Waals surface area contributed by atoms with Crippen LogP contribution in [0.5, 0.6) is 5.75 Å². The fourth-order valence-electron chi connectivity index (χ4n) is 2.43. The largest absolute Gasteiger partial charge is 0.496 e. The van der Waals surface area contributed by atoms with Gasteiger partial charge in [-0.2, -0.15) is 0 Å². The molecule has 1 aromatic carbocycles. The number of halogens is 2. The van der Waals surface area contributed by atoms with Crippen LogP contribution in [0.15, 0.2) is 42.6 Å². The Labute approximate surface area is 139 Å². The van der Waals surface area contributed by atoms with Gasteiger partial charge in [-0.1, -0.05) is 35.9 Å². The van der Waals surface area contributed by atoms with Crippen molar-refractivity contribution >= 4 is 28.8 Å². The van der Waals surface area contributed by atoms with Crippen LogP contribution in [0.3, 0.4) is 0 Å². The molecule has 0 aliphatic heterocycles. The summed E-state index contributed by atoms with van der Waals surface area (Å²) in [7, 11) is 1.62. The molecule has 0 unspecified atom stereocenters. The average Bonchev–Trinajstić information content (AvgIpc) is 2.57. The SMILES string of the molecule is COc1ccc(C2=CCCC=C2)cc1-c1nc(Cl)ncc1Cl. The molecule has 0 radical (unpaired) electrons. The van der Waals surface area contributed by atoms with E-state index in [1.54, 1.807) is 7.11 Å². The Morgan fingerprint density at radius 3 is 2.77 bits per heavy atom. The number of benzene rings is 1. The summed E-state index contributed by atoms with van der Waals surface area (Å²) < 4.78 is 5.44. The maximum absolute atomic E-state index is 6.23. The number of methoxy groups -OCH3 is 1. The van der Waals surface area contributed by atoms with E-state index in [0.717, 1.165) is 24.0 Å². The van der Waals surface area contributed by atoms with Crippen LogP contribution in [0.2, 0.25) is 10.3 Å². The highest BCUT2D eigenvalue weighted by molar-refractivity contribution is 6.33. The summed E-state index contributed by atoms with van der Waals surface area (Å²) in [6.45, 7) is 0. The lowest BCUT2D eigenvalue weighted by molar-refractivity contribution is 0.416. The van der Waals surface area contributed by atoms with Crippen molar-refractivity contribution in [3.05, 3.63) is 58.5 Å². The smallest absolute Gasteiger partial charge is 0.222 e. The van der Waals surface area contributed by atoms with E-state index < -0.39 is 0 Å². The molecule has 1 aliphatic rings. The van der Waals surface area contributed by atoms with Crippen LogP contribution in [0.1, 0.15) is 18.4 Å². The number of hydrogen-bond donors (Lipinski definition) is 0. The van der Waals surface area contributed by atoms with Crippen LogP contribution in [-0.4, -0.2) is 17.1 Å². The van der Waals surface area contributed by atoms with Crippen LogP contribution in [-0.2, 0) is 0 Å². The van der Waals surface area contributed by atoms with Gasteiger partial charge >= 0.3 is 0 Å². The van der Waals surface area contributed by atoms with Gasteiger partial charge in [0, 0.05) is 5.56 Å². The van der Waals surface area contributed by atoms with Crippen molar-refractivity contribution in [2.24, 2.45) is 0 Å². The Kier molecular flexibility index (Phi) is 4.46. The molecule has 5 heteroatoms. The van der Waals surface area contributed by atoms with Gasteiger partial charge in [-0.3, -0.25) is 0 Å². The molecule has 1 aliphatic carbocycles. The van der Waals surface area contributed by atoms with E-state index in [4.69, 9.17) is 27.9 Å². The van der Waals surface area contributed by atoms with E-state index in [0.29, 0.717) is 16.5 Å². The molecule has 2 aromatic rings. The maximum atomic E-state index is 6.23. The third-order valence-corrected chi connectivity index (χ3v) is 3.96. The maximum Gasteiger partial charge on any atom is 0.222 e. The van der Waals surface area contributed by atoms with E-state index >= 15 is 0 Å². The molecule has 0 spiro atoms. The summed E-state index contributed by atoms with van der Waals surface area (Å²) in [6.07, 6.45) is 10.2. The van der Waals surface area contributed by atoms with Gasteiger partial charge in [0.05, 0.1) is 24.0 Å². The van der Waals surface area contributed by atoms with Gasteiger partial charge in [0.1, 0.15) is 5.75 Å². The summed E-state index contributed by atoms with van der Waals surface area (Å²) in [5.41, 5.74) is 3.65. The number of aromatic nitrogens is 2. The second-order valence-corrected chi connectivity index (χ2v) is 5.64. The van der Waals surface area contributed by atoms with Gasteiger partial charge in [-0.05, 0) is 47.7 Å². The number of rotatable bonds is 3. The van der Waals surface area contributed by atoms with Crippen molar-refractivity contribution in [2.75, 3.05) is 7.11 Å². The van der Waals surface area contributed by atoms with Crippen LogP contribution in [0.25, 0.3) is 16.8 Å². The third-order valence-electron chi connectivity index (χ3n) is 3.50. The minimum absolute atomic E-state index is 0.156. The predicted octanol–water partition coefficient (Wildman–Crippen LogP) is 5.19. The van der Waals surface area contributed by atoms with E-state index in [-0.39, 0.29) is 5.28 Å². The molecule has 0 amide bonds. The quantitative estimate of drug-likeness (QED) is 0.725. The second-order valence-electron chi connectivity index (χ2n) is 4.89. The lowest BCUT2D eigenvalue weighted by Crippen LogP contribution is -1.95. The van der Waals surface area contributed by atoms with Crippen molar-refractivity contribution in [2.45, 2.75) is 12.8 Å². The molecular weight excluding hydrogens is 319 g/mol. The van der Waals surface area contributed by atoms with Gasteiger partial charge in [-0.15, -0.1) is 0 Å². The zero-order valence-electron chi connectivity index (χ0n) is 12.0. The van der Waals surface area contributed by atoms with Gasteiger partial charge < -0.3 is 4.74 Å². The summed E-state index contributed by atoms with van der Waals surface area (Å²) in [6, 6.07) is 5.96. The van der Waals surface area contributed by atoms with E-state index in [2.05, 4.69) is 28.2 Å². The van der Waals surface area contributed by atoms with Gasteiger partial charge in [0.2, 0.25) is 5.28 Å². The average molecular weight is 333 g/mol. The first-order valence-electron chi connectivity index (χ1n) is 6.92. The Morgan fingerprint density at radius 2 is 2.05 bits per heavy atom. The second kappa shape index (κ2) is 6.51. The molecule has 3 rings (SSSR count). The summed E-state index contributed by atoms with van der Waals surface area (Å²) in [5, 5.41) is 0.594. The number of hydrogen-bond acceptors (Lipinski definition) is 3. The third kappa shape index (κ3) is 3.01. The summed E-state index contributed by atoms with van der Waals surface area (Å²) in [4.78, 5) is 8.13. The highest BCUT2D eigenvalue weighted by atomic mass is 35.5. The van der Waals surface area contributed by atoms with E-state index in [1.165, 1.54) is 11.8 Å². The Morgan fingerprint density at radius 1 is 1.18 bits per heavy atom. The Bertz CT molecular complexity index is 769. The first-order valence-corrected chi connectivity index (χ1v) is 7.68. The highest BCUT2D eigenvalue weighted by Crippen LogP contribution is 2.36. The molecular formula is C17H14Cl2N2O. The standard InChI is InChI=1S/C17H14Cl2N2O/c1-22-15-8-7-12(11-5-3-2-4-6-11)9-13(15)16-14(18)10-20-17(19)21-16/h3,5-10H,2,4H2,1H3. The highest BCUT2D eigenvalue weighted by Gasteiger charge is 2.14. The Hall–Kier alpha value is -1.84. The summed E-state index contributed by atoms with van der Waals surface area (Å²) >= 11 is 12.1. The summed E-state index contributed by atoms with van der Waals surface area (Å²) in [5.74, 6) is 0.695. The molecule has 3 nitrogen and oxygen atoms in total. The molecule has 0 saturated carbocycles. The van der Waals surface area contributed by atoms with Crippen molar-refractivity contribution in [3.8, 4) is 17.0 Å². The minimum Gasteiger partial charge on any atom is -0.496 e. The number of nitrogens with zero attached hydrogens (tertiary/aromatic N) is 2. The molecule has 0 saturated heterocycles. The molecule has 22 heavy (non-hydrogen) atoms. The van der Waals surface area contributed by atoms with Crippen LogP contribution >= 0.6 is 23.2 Å². The number of ether oxygens (including phenoxy) is 1. The van der Waals surface area contributed by atoms with Crippen LogP contribution in [0.4, 0.5) is 0 Å². The van der Waals surface area contributed by atoms with Crippen LogP contribution < -0.4 is 4.74 Å². The lowest BCUT2D eigenvalue weighted by atomic mass is 9.97. The minimum atomic E-state index is 0.156. The first kappa shape index (κ1) is 15.1. The molecule has 0 bridgehead atoms. The van der Waals surface area contributed by atoms with Crippen molar-refractivity contribution in [1.82, 2.24) is 9.97 Å². The first-order chi connectivity index (χ1) is 10.7. The van der Waals surface area contributed by atoms with Gasteiger partial charge in [0.25, 0.3) is 0 Å². The predicted molar refractivity (Wildman–Crippen MR) is 90.4 cm³/mol. The zero-order chi connectivity index (χ0) is 15.5. The van der Waals surface area contributed by atoms with Crippen molar-refractivity contribution in [3.63, 3.8) is 0 Å². The molecule has 0 atom stereocenters.